The van der Waals surface area contributed by atoms with E-state index in [2.05, 4.69) is 167 Å². The van der Waals surface area contributed by atoms with Crippen LogP contribution in [0.15, 0.2) is 158 Å². The Bertz CT molecular complexity index is 2390. The second-order valence-corrected chi connectivity index (χ2v) is 12.0. The highest BCUT2D eigenvalue weighted by atomic mass is 15.2. The molecule has 1 aromatic heterocycles. The maximum Gasteiger partial charge on any atom is 0.104 e. The number of nitrogens with one attached hydrogen (secondary N) is 3. The van der Waals surface area contributed by atoms with Gasteiger partial charge in [-0.25, -0.2) is 0 Å². The van der Waals surface area contributed by atoms with Crippen LogP contribution >= 0.6 is 0 Å². The molecule has 0 aliphatic carbocycles. The Hall–Kier alpha value is -5.64. The van der Waals surface area contributed by atoms with Crippen molar-refractivity contribution in [2.45, 2.75) is 12.2 Å². The van der Waals surface area contributed by atoms with E-state index in [0.29, 0.717) is 0 Å². The lowest BCUT2D eigenvalue weighted by molar-refractivity contribution is 0.443. The molecule has 3 N–H and O–H groups in total. The summed E-state index contributed by atoms with van der Waals surface area (Å²) in [4.78, 5) is 3.36. The van der Waals surface area contributed by atoms with Crippen molar-refractivity contribution in [3.63, 3.8) is 0 Å². The van der Waals surface area contributed by atoms with Gasteiger partial charge in [-0.1, -0.05) is 115 Å². The first-order chi connectivity index (χ1) is 22.3. The van der Waals surface area contributed by atoms with Gasteiger partial charge in [0.1, 0.15) is 6.17 Å². The first kappa shape index (κ1) is 25.8. The first-order valence-corrected chi connectivity index (χ1v) is 15.6. The van der Waals surface area contributed by atoms with Gasteiger partial charge < -0.3 is 10.3 Å². The molecule has 0 fully saturated rings. The number of aromatic nitrogens is 1. The molecular formula is C42H31N3. The summed E-state index contributed by atoms with van der Waals surface area (Å²) in [6, 6.07) is 52.9. The normalized spacial score (nSPS) is 16.7. The molecular weight excluding hydrogens is 546 g/mol. The predicted octanol–water partition coefficient (Wildman–Crippen LogP) is 10.3. The molecule has 2 heterocycles. The van der Waals surface area contributed by atoms with Crippen LogP contribution in [0.5, 0.6) is 0 Å². The minimum absolute atomic E-state index is 0.0217. The summed E-state index contributed by atoms with van der Waals surface area (Å²) in [6.45, 7) is 0. The smallest absolute Gasteiger partial charge is 0.104 e. The molecule has 9 rings (SSSR count). The van der Waals surface area contributed by atoms with Crippen LogP contribution in [0.2, 0.25) is 0 Å². The highest BCUT2D eigenvalue weighted by Gasteiger charge is 2.24. The van der Waals surface area contributed by atoms with Crippen molar-refractivity contribution in [3.05, 3.63) is 175 Å². The van der Waals surface area contributed by atoms with E-state index in [-0.39, 0.29) is 12.2 Å². The van der Waals surface area contributed by atoms with Crippen LogP contribution in [0.4, 0.5) is 0 Å². The van der Waals surface area contributed by atoms with Gasteiger partial charge in [-0.2, -0.15) is 0 Å². The van der Waals surface area contributed by atoms with Gasteiger partial charge in [-0.15, -0.1) is 0 Å². The molecule has 214 valence electrons. The minimum Gasteiger partial charge on any atom is -0.366 e. The van der Waals surface area contributed by atoms with Gasteiger partial charge in [0.15, 0.2) is 0 Å². The number of rotatable bonds is 4. The largest absolute Gasteiger partial charge is 0.366 e. The Morgan fingerprint density at radius 1 is 0.444 bits per heavy atom. The third-order valence-corrected chi connectivity index (χ3v) is 9.30. The molecule has 8 aromatic rings. The predicted molar refractivity (Wildman–Crippen MR) is 189 cm³/mol. The van der Waals surface area contributed by atoms with Crippen molar-refractivity contribution in [1.82, 2.24) is 15.6 Å². The third-order valence-electron chi connectivity index (χ3n) is 9.30. The SMILES string of the molecule is C1=C(c2ccc3ccc(-c4ccccc4)cc3c2)NC(c2ccccc2)NC1c1ccc2ccc3c4cc[nH]c4ccc3c2c1. The zero-order chi connectivity index (χ0) is 29.7. The van der Waals surface area contributed by atoms with Crippen LogP contribution < -0.4 is 10.6 Å². The molecule has 3 nitrogen and oxygen atoms in total. The monoisotopic (exact) mass is 577 g/mol. The van der Waals surface area contributed by atoms with E-state index in [4.69, 9.17) is 0 Å². The number of fused-ring (bicyclic) bond motifs is 6. The van der Waals surface area contributed by atoms with Gasteiger partial charge in [0.05, 0.1) is 6.04 Å². The number of H-pyrrole nitrogens is 1. The molecule has 7 aromatic carbocycles. The number of hydrogen-bond acceptors (Lipinski definition) is 2. The molecule has 0 saturated heterocycles. The van der Waals surface area contributed by atoms with E-state index < -0.39 is 0 Å². The van der Waals surface area contributed by atoms with Crippen LogP contribution in [0.25, 0.3) is 60.0 Å². The van der Waals surface area contributed by atoms with E-state index in [1.807, 2.05) is 6.20 Å². The van der Waals surface area contributed by atoms with Crippen molar-refractivity contribution in [3.8, 4) is 11.1 Å². The lowest BCUT2D eigenvalue weighted by Crippen LogP contribution is -2.39. The molecule has 2 unspecified atom stereocenters. The Morgan fingerprint density at radius 2 is 1.16 bits per heavy atom. The van der Waals surface area contributed by atoms with E-state index in [0.717, 1.165) is 5.70 Å². The quantitative estimate of drug-likeness (QED) is 0.182. The zero-order valence-corrected chi connectivity index (χ0v) is 24.7. The number of hydrogen-bond donors (Lipinski definition) is 3. The van der Waals surface area contributed by atoms with E-state index in [1.54, 1.807) is 0 Å². The van der Waals surface area contributed by atoms with Gasteiger partial charge in [0.25, 0.3) is 0 Å². The van der Waals surface area contributed by atoms with Gasteiger partial charge in [-0.3, -0.25) is 5.32 Å². The average molecular weight is 578 g/mol. The summed E-state index contributed by atoms with van der Waals surface area (Å²) >= 11 is 0. The Labute approximate surface area is 261 Å². The van der Waals surface area contributed by atoms with E-state index in [1.165, 1.54) is 71.0 Å². The molecule has 2 atom stereocenters. The van der Waals surface area contributed by atoms with Gasteiger partial charge >= 0.3 is 0 Å². The molecule has 0 radical (unpaired) electrons. The summed E-state index contributed by atoms with van der Waals surface area (Å²) in [7, 11) is 0. The summed E-state index contributed by atoms with van der Waals surface area (Å²) in [5.41, 5.74) is 8.40. The Kier molecular flexibility index (Phi) is 6.03. The van der Waals surface area contributed by atoms with E-state index in [9.17, 15) is 0 Å². The lowest BCUT2D eigenvalue weighted by atomic mass is 9.93. The minimum atomic E-state index is -0.0368. The number of aromatic amines is 1. The molecule has 45 heavy (non-hydrogen) atoms. The lowest BCUT2D eigenvalue weighted by Gasteiger charge is -2.33. The fourth-order valence-electron chi connectivity index (χ4n) is 6.95. The van der Waals surface area contributed by atoms with Crippen molar-refractivity contribution in [2.24, 2.45) is 0 Å². The second-order valence-electron chi connectivity index (χ2n) is 12.0. The topological polar surface area (TPSA) is 39.8 Å². The first-order valence-electron chi connectivity index (χ1n) is 15.6. The van der Waals surface area contributed by atoms with E-state index >= 15 is 0 Å². The molecule has 1 aliphatic heterocycles. The van der Waals surface area contributed by atoms with Gasteiger partial charge in [-0.05, 0) is 96.5 Å². The maximum absolute atomic E-state index is 3.90. The van der Waals surface area contributed by atoms with Crippen molar-refractivity contribution >= 4 is 48.9 Å². The third kappa shape index (κ3) is 4.57. The fourth-order valence-corrected chi connectivity index (χ4v) is 6.95. The molecule has 0 amide bonds. The molecule has 0 bridgehead atoms. The van der Waals surface area contributed by atoms with Gasteiger partial charge in [0, 0.05) is 22.8 Å². The second kappa shape index (κ2) is 10.5. The van der Waals surface area contributed by atoms with Crippen LogP contribution in [-0.2, 0) is 0 Å². The molecule has 0 spiro atoms. The zero-order valence-electron chi connectivity index (χ0n) is 24.7. The molecule has 1 aliphatic rings. The Balaban J connectivity index is 1.17. The van der Waals surface area contributed by atoms with Crippen LogP contribution in [-0.4, -0.2) is 4.98 Å². The summed E-state index contributed by atoms with van der Waals surface area (Å²) in [6.07, 6.45) is 4.33. The number of benzene rings is 7. The van der Waals surface area contributed by atoms with Crippen molar-refractivity contribution in [1.29, 1.82) is 0 Å². The van der Waals surface area contributed by atoms with Crippen LogP contribution in [0, 0.1) is 0 Å². The summed E-state index contributed by atoms with van der Waals surface area (Å²) in [5, 5.41) is 16.5. The Morgan fingerprint density at radius 3 is 2.02 bits per heavy atom. The summed E-state index contributed by atoms with van der Waals surface area (Å²) in [5.74, 6) is 0. The van der Waals surface area contributed by atoms with Crippen LogP contribution in [0.3, 0.4) is 0 Å². The standard InChI is InChI=1S/C42H31N3/c1-3-7-27(8-4-1)31-14-11-28-12-15-32(24-34(28)23-31)40-26-41(45-42(44-40)30-9-5-2-6-10-30)33-16-13-29-17-18-35-36(38(29)25-33)19-20-39-37(35)21-22-43-39/h1-26,41-45H. The van der Waals surface area contributed by atoms with Gasteiger partial charge in [0.2, 0.25) is 0 Å². The molecule has 3 heteroatoms. The fraction of sp³-hybridized carbons (Fsp3) is 0.0476. The van der Waals surface area contributed by atoms with Crippen LogP contribution in [0.1, 0.15) is 28.9 Å². The molecule has 0 saturated carbocycles. The van der Waals surface area contributed by atoms with Crippen molar-refractivity contribution < 1.29 is 0 Å². The highest BCUT2D eigenvalue weighted by molar-refractivity contribution is 6.16. The highest BCUT2D eigenvalue weighted by Crippen LogP contribution is 2.36. The van der Waals surface area contributed by atoms with Crippen molar-refractivity contribution in [2.75, 3.05) is 0 Å². The summed E-state index contributed by atoms with van der Waals surface area (Å²) < 4.78 is 0. The maximum atomic E-state index is 3.90. The average Bonchev–Trinajstić information content (AvgIpc) is 3.61.